The summed E-state index contributed by atoms with van der Waals surface area (Å²) >= 11 is 0. The van der Waals surface area contributed by atoms with Gasteiger partial charge in [0.15, 0.2) is 24.9 Å². The molecule has 16 rings (SSSR count). The van der Waals surface area contributed by atoms with Crippen molar-refractivity contribution in [1.82, 2.24) is 38.2 Å². The van der Waals surface area contributed by atoms with Crippen LogP contribution in [0.1, 0.15) is 99.8 Å². The van der Waals surface area contributed by atoms with E-state index in [9.17, 15) is 115 Å². The van der Waals surface area contributed by atoms with E-state index < -0.39 is 223 Å². The lowest BCUT2D eigenvalue weighted by molar-refractivity contribution is -0.205. The molecule has 696 valence electrons. The predicted octanol–water partition coefficient (Wildman–Crippen LogP) is 3.77. The zero-order valence-corrected chi connectivity index (χ0v) is 70.1. The molecule has 0 radical (unpaired) electrons. The molecule has 20 atom stereocenters. The van der Waals surface area contributed by atoms with Crippen LogP contribution in [0.4, 0.5) is 35.1 Å². The molecule has 4 aromatic heterocycles. The molecule has 12 N–H and O–H groups in total. The average Bonchev–Trinajstić information content (AvgIpc) is 1.55. The Bertz CT molecular complexity index is 6790. The molecule has 4 unspecified atom stereocenters. The van der Waals surface area contributed by atoms with Gasteiger partial charge in [0.2, 0.25) is 23.3 Å². The molecular formula is C72H76F8N8O36P4. The van der Waals surface area contributed by atoms with E-state index in [0.717, 1.165) is 22.3 Å². The number of ether oxygens (including phenoxy) is 4. The van der Waals surface area contributed by atoms with E-state index >= 15 is 17.6 Å². The Morgan fingerprint density at radius 3 is 0.922 bits per heavy atom. The highest BCUT2D eigenvalue weighted by Gasteiger charge is 2.62. The number of aromatic amines is 4. The van der Waals surface area contributed by atoms with Crippen molar-refractivity contribution in [3.63, 3.8) is 0 Å². The van der Waals surface area contributed by atoms with Gasteiger partial charge in [-0.2, -0.15) is 17.6 Å². The number of alkyl halides is 4. The van der Waals surface area contributed by atoms with Crippen molar-refractivity contribution in [2.45, 2.75) is 179 Å². The van der Waals surface area contributed by atoms with Gasteiger partial charge in [0.1, 0.15) is 98.2 Å². The summed E-state index contributed by atoms with van der Waals surface area (Å²) in [7, 11) is -18.5. The Hall–Kier alpha value is -9.64. The van der Waals surface area contributed by atoms with Crippen molar-refractivity contribution < 1.29 is 176 Å². The minimum atomic E-state index is -4.91. The molecule has 0 aliphatic carbocycles. The third kappa shape index (κ3) is 19.4. The second kappa shape index (κ2) is 35.9. The molecule has 44 nitrogen and oxygen atoms in total. The molecule has 128 heavy (non-hydrogen) atoms. The molecule has 4 fully saturated rings. The van der Waals surface area contributed by atoms with Crippen LogP contribution in [0, 0.1) is 78.7 Å². The van der Waals surface area contributed by atoms with Gasteiger partial charge in [-0.05, 0) is 77.6 Å². The van der Waals surface area contributed by atoms with Crippen molar-refractivity contribution in [2.24, 2.45) is 0 Å². The maximum atomic E-state index is 15.8. The van der Waals surface area contributed by atoms with E-state index in [1.807, 2.05) is 13.8 Å². The number of H-pyrrole nitrogens is 4. The molecule has 8 aliphatic rings. The Morgan fingerprint density at radius 2 is 0.609 bits per heavy atom. The Morgan fingerprint density at radius 1 is 0.375 bits per heavy atom. The van der Waals surface area contributed by atoms with Crippen molar-refractivity contribution in [2.75, 3.05) is 26.3 Å². The first kappa shape index (κ1) is 87.7. The summed E-state index contributed by atoms with van der Waals surface area (Å²) in [6, 6.07) is 13.7. The van der Waals surface area contributed by atoms with Crippen LogP contribution in [0.3, 0.4) is 0 Å². The first-order valence-corrected chi connectivity index (χ1v) is 42.6. The number of aromatic nitrogens is 8. The maximum absolute atomic E-state index is 15.8. The number of nitrogens with one attached hydrogen (secondary N) is 4. The van der Waals surface area contributed by atoms with Crippen LogP contribution in [0.25, 0.3) is 0 Å². The van der Waals surface area contributed by atoms with Crippen LogP contribution in [0.2, 0.25) is 0 Å². The first-order chi connectivity index (χ1) is 61.9. The number of hydrogen-bond acceptors (Lipinski definition) is 36. The van der Waals surface area contributed by atoms with Gasteiger partial charge in [-0.3, -0.25) is 93.6 Å². The minimum Gasteiger partial charge on any atom is -0.403 e. The van der Waals surface area contributed by atoms with Gasteiger partial charge in [0.05, 0.1) is 59.4 Å². The molecule has 56 heteroatoms. The summed E-state index contributed by atoms with van der Waals surface area (Å²) in [5, 5.41) is 81.7. The van der Waals surface area contributed by atoms with Gasteiger partial charge in [0.25, 0.3) is 45.7 Å². The largest absolute Gasteiger partial charge is 0.530 e. The summed E-state index contributed by atoms with van der Waals surface area (Å²) in [5.41, 5.74) is -3.30. The van der Waals surface area contributed by atoms with Gasteiger partial charge < -0.3 is 77.9 Å². The van der Waals surface area contributed by atoms with Crippen LogP contribution in [-0.4, -0.2) is 178 Å². The standard InChI is InChI=1S/4C18H19F2N2O9P/c4*1-8-3-9(2)13-10(4-8)6-28-32(27,31-13)29-7-18(20)14(24)12(23)16(30-18)22-5-11(19)15(25)21-17(22)26/h4*3-5,12,14,16,23-24H,6-7H2,1-2H3,(H,21,25,26)/t4*12-,14+,16-,18-,32?/m1111/s1/i7D2,16D;16D;7D2;. The fraction of sp³-hybridized carbons (Fsp3) is 0.444. The lowest BCUT2D eigenvalue weighted by Crippen LogP contribution is -2.43. The van der Waals surface area contributed by atoms with Gasteiger partial charge in [-0.15, -0.1) is 0 Å². The second-order valence-electron chi connectivity index (χ2n) is 29.4. The van der Waals surface area contributed by atoms with Crippen LogP contribution < -0.4 is 63.1 Å². The number of phosphoric acid groups is 4. The van der Waals surface area contributed by atoms with Gasteiger partial charge in [-0.25, -0.2) is 55.0 Å². The van der Waals surface area contributed by atoms with Crippen molar-refractivity contribution in [3.8, 4) is 23.0 Å². The van der Waals surface area contributed by atoms with Crippen LogP contribution in [-0.2, 0) is 99.8 Å². The molecule has 0 spiro atoms. The molecule has 0 bridgehead atoms. The average molecular weight is 1910 g/mol. The lowest BCUT2D eigenvalue weighted by Gasteiger charge is -2.29. The maximum Gasteiger partial charge on any atom is 0.530 e. The third-order valence-corrected chi connectivity index (χ3v) is 24.5. The number of phosphoric ester groups is 4. The van der Waals surface area contributed by atoms with E-state index in [1.165, 1.54) is 9.97 Å². The molecule has 8 aromatic rings. The first-order valence-electron chi connectivity index (χ1n) is 39.8. The van der Waals surface area contributed by atoms with Crippen molar-refractivity contribution in [3.05, 3.63) is 247 Å². The Kier molecular flexibility index (Phi) is 24.6. The quantitative estimate of drug-likeness (QED) is 0.0484. The number of aliphatic hydroxyl groups is 8. The zero-order valence-electron chi connectivity index (χ0n) is 72.6. The number of nitrogens with zero attached hydrogens (tertiary/aromatic N) is 4. The van der Waals surface area contributed by atoms with Gasteiger partial charge >= 0.3 is 54.0 Å². The fourth-order valence-corrected chi connectivity index (χ4v) is 18.4. The zero-order chi connectivity index (χ0) is 99.1. The highest BCUT2D eigenvalue weighted by molar-refractivity contribution is 7.49. The van der Waals surface area contributed by atoms with Crippen LogP contribution in [0.5, 0.6) is 23.0 Å². The number of rotatable bonds is 16. The van der Waals surface area contributed by atoms with Gasteiger partial charge in [-0.1, -0.05) is 70.8 Å². The second-order valence-corrected chi connectivity index (χ2v) is 35.6. The number of aryl methyl sites for hydroxylation is 8. The van der Waals surface area contributed by atoms with Crippen LogP contribution in [0.15, 0.2) is 112 Å². The molecule has 4 aromatic carbocycles. The molecule has 0 amide bonds. The molecule has 8 aliphatic heterocycles. The van der Waals surface area contributed by atoms with E-state index in [-0.39, 0.29) is 81.7 Å². The van der Waals surface area contributed by atoms with Crippen LogP contribution >= 0.6 is 31.3 Å². The molecule has 4 saturated heterocycles. The number of aliphatic hydroxyl groups excluding tert-OH is 8. The van der Waals surface area contributed by atoms with Crippen molar-refractivity contribution in [1.29, 1.82) is 0 Å². The smallest absolute Gasteiger partial charge is 0.403 e. The van der Waals surface area contributed by atoms with E-state index in [0.29, 0.717) is 55.3 Å². The molecular weight excluding hydrogens is 1830 g/mol. The SMILES string of the molecule is Cc1cc(C)c2c(c1)COP(=O)(OC[C@@]1(F)O[C@@H](n3cc(F)c(=O)[nH]c3=O)[C@H](O)[C@@H]1O)O2.[2H]C([2H])(OP1(=O)OCc2cc(C)cc(C)c2O1)[C@@]1(F)O[C@@H](n2cc(F)c(=O)[nH]c2=O)[C@H](O)[C@@H]1O.[2H]C([2H])(OP1(=O)OCc2cc(C)cc(C)c2O1)[C@@]1(F)O[C@@]([2H])(n2cc(F)c(=O)[nH]c2=O)[C@H](O)[C@@H]1O.[2H][C@@]1(n2cc(F)c(=O)[nH]c2=O)O[C@](F)(COP2(=O)OCc3cc(C)cc(C)c3O2)[C@@H](O)[C@H]1O. The molecule has 12 heterocycles. The normalized spacial score (nSPS) is 33.9. The minimum absolute atomic E-state index is 0.0342. The Labute approximate surface area is 717 Å². The summed E-state index contributed by atoms with van der Waals surface area (Å²) in [6.07, 6.45) is -29.7. The summed E-state index contributed by atoms with van der Waals surface area (Å²) in [6.45, 7) is 2.55. The van der Waals surface area contributed by atoms with E-state index in [2.05, 4.69) is 9.26 Å². The lowest BCUT2D eigenvalue weighted by atomic mass is 10.1. The number of halogens is 8. The van der Waals surface area contributed by atoms with Gasteiger partial charge in [0, 0.05) is 22.3 Å². The van der Waals surface area contributed by atoms with E-state index in [1.54, 1.807) is 100 Å². The highest BCUT2D eigenvalue weighted by Crippen LogP contribution is 2.61. The predicted molar refractivity (Wildman–Crippen MR) is 409 cm³/mol. The van der Waals surface area contributed by atoms with Crippen molar-refractivity contribution >= 4 is 31.3 Å². The summed E-state index contributed by atoms with van der Waals surface area (Å²) < 4.78 is 297. The fourth-order valence-electron chi connectivity index (χ4n) is 13.5. The monoisotopic (exact) mass is 1910 g/mol. The highest BCUT2D eigenvalue weighted by atomic mass is 31.2. The Balaban J connectivity index is 0.000000152. The number of hydrogen-bond donors (Lipinski definition) is 12. The summed E-state index contributed by atoms with van der Waals surface area (Å²) in [5.74, 6) is -20.2. The number of benzene rings is 4. The number of fused-ring (bicyclic) bond motifs is 4. The topological polar surface area (TPSA) is 597 Å². The molecule has 0 saturated carbocycles. The van der Waals surface area contributed by atoms with E-state index in [4.69, 9.17) is 72.2 Å². The summed E-state index contributed by atoms with van der Waals surface area (Å²) in [4.78, 5) is 98.9. The third-order valence-electron chi connectivity index (χ3n) is 19.5.